The summed E-state index contributed by atoms with van der Waals surface area (Å²) in [5.74, 6) is 2.25. The molecule has 4 heteroatoms. The monoisotopic (exact) mass is 553 g/mol. The summed E-state index contributed by atoms with van der Waals surface area (Å²) in [5.41, 5.74) is 8.29. The minimum Gasteiger partial charge on any atom is -0.456 e. The van der Waals surface area contributed by atoms with Crippen LogP contribution in [-0.2, 0) is 0 Å². The molecule has 43 heavy (non-hydrogen) atoms. The Labute approximate surface area is 249 Å². The number of rotatable bonds is 5. The Morgan fingerprint density at radius 2 is 1.16 bits per heavy atom. The fourth-order valence-electron chi connectivity index (χ4n) is 5.89. The second kappa shape index (κ2) is 10.7. The zero-order valence-electron chi connectivity index (χ0n) is 23.4. The number of furan rings is 1. The zero-order chi connectivity index (χ0) is 28.6. The van der Waals surface area contributed by atoms with Crippen molar-refractivity contribution in [1.82, 2.24) is 15.0 Å². The van der Waals surface area contributed by atoms with Crippen LogP contribution in [0.15, 0.2) is 150 Å². The van der Waals surface area contributed by atoms with Crippen molar-refractivity contribution in [3.05, 3.63) is 157 Å². The Kier molecular flexibility index (Phi) is 6.23. The van der Waals surface area contributed by atoms with E-state index in [0.717, 1.165) is 45.0 Å². The lowest BCUT2D eigenvalue weighted by Crippen LogP contribution is -2.01. The van der Waals surface area contributed by atoms with Gasteiger partial charge < -0.3 is 4.42 Å². The van der Waals surface area contributed by atoms with E-state index in [9.17, 15) is 0 Å². The molecular formula is C39H27N3O. The van der Waals surface area contributed by atoms with Crippen molar-refractivity contribution in [2.75, 3.05) is 0 Å². The van der Waals surface area contributed by atoms with Crippen LogP contribution in [0.5, 0.6) is 0 Å². The van der Waals surface area contributed by atoms with Crippen molar-refractivity contribution >= 4 is 27.5 Å². The van der Waals surface area contributed by atoms with E-state index in [-0.39, 0.29) is 0 Å². The predicted molar refractivity (Wildman–Crippen MR) is 174 cm³/mol. The molecule has 1 unspecified atom stereocenters. The molecule has 1 aliphatic carbocycles. The van der Waals surface area contributed by atoms with Gasteiger partial charge in [-0.15, -0.1) is 0 Å². The third kappa shape index (κ3) is 4.73. The van der Waals surface area contributed by atoms with Crippen LogP contribution in [0.1, 0.15) is 23.5 Å². The highest BCUT2D eigenvalue weighted by Crippen LogP contribution is 2.37. The predicted octanol–water partition coefficient (Wildman–Crippen LogP) is 9.90. The minimum atomic E-state index is 0.335. The Bertz CT molecular complexity index is 2140. The first kappa shape index (κ1) is 25.1. The lowest BCUT2D eigenvalue weighted by molar-refractivity contribution is 0.669. The second-order valence-corrected chi connectivity index (χ2v) is 10.8. The summed E-state index contributed by atoms with van der Waals surface area (Å²) < 4.78 is 6.17. The van der Waals surface area contributed by atoms with Gasteiger partial charge in [0.15, 0.2) is 17.5 Å². The van der Waals surface area contributed by atoms with E-state index < -0.39 is 0 Å². The Hall–Kier alpha value is -5.61. The van der Waals surface area contributed by atoms with Gasteiger partial charge in [-0.3, -0.25) is 0 Å². The molecule has 1 atom stereocenters. The van der Waals surface area contributed by atoms with Gasteiger partial charge in [-0.05, 0) is 35.3 Å². The Morgan fingerprint density at radius 1 is 0.535 bits per heavy atom. The number of allylic oxidation sites excluding steroid dienone is 4. The van der Waals surface area contributed by atoms with E-state index >= 15 is 0 Å². The first-order chi connectivity index (χ1) is 21.3. The molecule has 2 aromatic heterocycles. The molecule has 7 aromatic rings. The molecule has 2 heterocycles. The normalized spacial score (nSPS) is 14.7. The van der Waals surface area contributed by atoms with Crippen molar-refractivity contribution in [2.24, 2.45) is 0 Å². The van der Waals surface area contributed by atoms with Gasteiger partial charge in [0.05, 0.1) is 0 Å². The summed E-state index contributed by atoms with van der Waals surface area (Å²) in [6, 6.07) is 43.4. The maximum absolute atomic E-state index is 6.17. The number of fused-ring (bicyclic) bond motifs is 3. The molecule has 5 aromatic carbocycles. The second-order valence-electron chi connectivity index (χ2n) is 10.8. The van der Waals surface area contributed by atoms with Crippen molar-refractivity contribution in [3.63, 3.8) is 0 Å². The van der Waals surface area contributed by atoms with Crippen molar-refractivity contribution in [1.29, 1.82) is 0 Å². The van der Waals surface area contributed by atoms with Crippen molar-refractivity contribution in [2.45, 2.75) is 12.3 Å². The molecule has 204 valence electrons. The lowest BCUT2D eigenvalue weighted by Gasteiger charge is -2.17. The maximum Gasteiger partial charge on any atom is 0.164 e. The molecule has 0 saturated heterocycles. The van der Waals surface area contributed by atoms with Gasteiger partial charge in [-0.2, -0.15) is 0 Å². The van der Waals surface area contributed by atoms with Gasteiger partial charge in [0.25, 0.3) is 0 Å². The number of para-hydroxylation sites is 1. The van der Waals surface area contributed by atoms with Gasteiger partial charge >= 0.3 is 0 Å². The zero-order valence-corrected chi connectivity index (χ0v) is 23.4. The van der Waals surface area contributed by atoms with Gasteiger partial charge in [-0.1, -0.05) is 133 Å². The van der Waals surface area contributed by atoms with Crippen molar-refractivity contribution in [3.8, 4) is 34.2 Å². The molecule has 0 saturated carbocycles. The Balaban J connectivity index is 1.18. The summed E-state index contributed by atoms with van der Waals surface area (Å²) in [6.07, 6.45) is 7.85. The first-order valence-electron chi connectivity index (χ1n) is 14.6. The van der Waals surface area contributed by atoms with E-state index in [1.165, 1.54) is 16.7 Å². The number of aromatic nitrogens is 3. The molecule has 0 aliphatic heterocycles. The number of benzene rings is 5. The highest BCUT2D eigenvalue weighted by Gasteiger charge is 2.18. The molecule has 0 N–H and O–H groups in total. The van der Waals surface area contributed by atoms with Crippen LogP contribution in [0.25, 0.3) is 61.7 Å². The van der Waals surface area contributed by atoms with Crippen molar-refractivity contribution < 1.29 is 4.42 Å². The molecule has 4 nitrogen and oxygen atoms in total. The number of hydrogen-bond donors (Lipinski definition) is 0. The molecule has 0 radical (unpaired) electrons. The van der Waals surface area contributed by atoms with E-state index in [4.69, 9.17) is 19.4 Å². The molecule has 0 spiro atoms. The van der Waals surface area contributed by atoms with Crippen LogP contribution < -0.4 is 0 Å². The smallest absolute Gasteiger partial charge is 0.164 e. The highest BCUT2D eigenvalue weighted by molar-refractivity contribution is 6.11. The Morgan fingerprint density at radius 3 is 1.88 bits per heavy atom. The van der Waals surface area contributed by atoms with E-state index in [1.54, 1.807) is 0 Å². The SMILES string of the molecule is C1=CC(c2ccc(-c3nc(-c4ccccc4)nc(-c4cccc5oc6ccccc6c45)n3)cc2)CC=C1c1ccccc1. The summed E-state index contributed by atoms with van der Waals surface area (Å²) >= 11 is 0. The van der Waals surface area contributed by atoms with Crippen LogP contribution in [0, 0.1) is 0 Å². The lowest BCUT2D eigenvalue weighted by atomic mass is 9.88. The third-order valence-corrected chi connectivity index (χ3v) is 8.11. The largest absolute Gasteiger partial charge is 0.456 e. The van der Waals surface area contributed by atoms with E-state index in [0.29, 0.717) is 23.4 Å². The standard InChI is InChI=1S/C39H27N3O/c1-3-10-26(11-4-1)27-18-20-28(21-19-27)29-22-24-31(25-23-29)38-40-37(30-12-5-2-6-13-30)41-39(42-38)33-15-9-17-35-36(33)32-14-7-8-16-34(32)43-35/h1-20,22-25,28H,21H2. The maximum atomic E-state index is 6.17. The average molecular weight is 554 g/mol. The number of nitrogens with zero attached hydrogens (tertiary/aromatic N) is 3. The highest BCUT2D eigenvalue weighted by atomic mass is 16.3. The molecule has 0 amide bonds. The number of hydrogen-bond acceptors (Lipinski definition) is 4. The molecule has 1 aliphatic rings. The van der Waals surface area contributed by atoms with Crippen LogP contribution in [-0.4, -0.2) is 15.0 Å². The van der Waals surface area contributed by atoms with Gasteiger partial charge in [0, 0.05) is 33.4 Å². The van der Waals surface area contributed by atoms with Gasteiger partial charge in [0.1, 0.15) is 11.2 Å². The topological polar surface area (TPSA) is 51.8 Å². The fraction of sp³-hybridized carbons (Fsp3) is 0.0513. The summed E-state index contributed by atoms with van der Waals surface area (Å²) in [4.78, 5) is 15.0. The van der Waals surface area contributed by atoms with Gasteiger partial charge in [-0.25, -0.2) is 15.0 Å². The van der Waals surface area contributed by atoms with Gasteiger partial charge in [0.2, 0.25) is 0 Å². The minimum absolute atomic E-state index is 0.335. The van der Waals surface area contributed by atoms with Crippen LogP contribution in [0.2, 0.25) is 0 Å². The molecule has 8 rings (SSSR count). The molecule has 0 fully saturated rings. The molecule has 0 bridgehead atoms. The summed E-state index contributed by atoms with van der Waals surface area (Å²) in [6.45, 7) is 0. The summed E-state index contributed by atoms with van der Waals surface area (Å²) in [5, 5.41) is 2.06. The quantitative estimate of drug-likeness (QED) is 0.213. The summed E-state index contributed by atoms with van der Waals surface area (Å²) in [7, 11) is 0. The van der Waals surface area contributed by atoms with E-state index in [1.807, 2.05) is 60.7 Å². The van der Waals surface area contributed by atoms with E-state index in [2.05, 4.69) is 85.0 Å². The van der Waals surface area contributed by atoms with Crippen LogP contribution in [0.3, 0.4) is 0 Å². The average Bonchev–Trinajstić information content (AvgIpc) is 3.48. The van der Waals surface area contributed by atoms with Crippen LogP contribution in [0.4, 0.5) is 0 Å². The third-order valence-electron chi connectivity index (χ3n) is 8.11. The van der Waals surface area contributed by atoms with Crippen LogP contribution >= 0.6 is 0 Å². The molecular weight excluding hydrogens is 526 g/mol. The fourth-order valence-corrected chi connectivity index (χ4v) is 5.89. The first-order valence-corrected chi connectivity index (χ1v) is 14.6.